The van der Waals surface area contributed by atoms with E-state index in [1.54, 1.807) is 0 Å². The Kier molecular flexibility index (Phi) is 4.12. The number of nitrogens with zero attached hydrogens (tertiary/aromatic N) is 1. The van der Waals surface area contributed by atoms with Crippen molar-refractivity contribution in [1.82, 2.24) is 10.2 Å². The summed E-state index contributed by atoms with van der Waals surface area (Å²) < 4.78 is 0. The lowest BCUT2D eigenvalue weighted by Gasteiger charge is -2.26. The van der Waals surface area contributed by atoms with Gasteiger partial charge in [-0.3, -0.25) is 0 Å². The largest absolute Gasteiger partial charge is 0.465 e. The summed E-state index contributed by atoms with van der Waals surface area (Å²) in [6, 6.07) is 10.3. The first-order chi connectivity index (χ1) is 10.1. The highest BCUT2D eigenvalue weighted by Gasteiger charge is 2.43. The monoisotopic (exact) mass is 290 g/mol. The van der Waals surface area contributed by atoms with Gasteiger partial charge in [0.2, 0.25) is 0 Å². The fourth-order valence-corrected chi connectivity index (χ4v) is 3.16. The van der Waals surface area contributed by atoms with Crippen molar-refractivity contribution in [3.63, 3.8) is 0 Å². The minimum atomic E-state index is -0.941. The first-order valence-electron chi connectivity index (χ1n) is 7.60. The van der Waals surface area contributed by atoms with Crippen molar-refractivity contribution >= 4 is 6.09 Å². The Morgan fingerprint density at radius 3 is 2.62 bits per heavy atom. The van der Waals surface area contributed by atoms with Crippen molar-refractivity contribution in [1.29, 1.82) is 0 Å². The molecule has 1 unspecified atom stereocenters. The number of rotatable bonds is 5. The van der Waals surface area contributed by atoms with Crippen LogP contribution in [-0.4, -0.2) is 52.5 Å². The maximum Gasteiger partial charge on any atom is 0.407 e. The third-order valence-corrected chi connectivity index (χ3v) is 4.53. The van der Waals surface area contributed by atoms with Crippen LogP contribution in [0.1, 0.15) is 18.4 Å². The molecule has 5 nitrogen and oxygen atoms in total. The molecule has 114 valence electrons. The molecule has 3 N–H and O–H groups in total. The molecule has 1 saturated heterocycles. The Morgan fingerprint density at radius 1 is 1.29 bits per heavy atom. The number of hydrogen-bond donors (Lipinski definition) is 3. The summed E-state index contributed by atoms with van der Waals surface area (Å²) in [4.78, 5) is 12.8. The zero-order valence-electron chi connectivity index (χ0n) is 12.0. The fourth-order valence-electron chi connectivity index (χ4n) is 3.16. The highest BCUT2D eigenvalue weighted by Crippen LogP contribution is 2.29. The molecule has 1 amide bonds. The standard InChI is InChI=1S/C16H22N2O3/c19-15-10-18(16(20)21)14(8-11-4-2-1-3-5-11)13(15)9-17-12-6-7-12/h1-5,12-15,17,19H,6-10H2,(H,20,21)/t13-,14?,15+/m0/s1. The van der Waals surface area contributed by atoms with Crippen LogP contribution in [0.3, 0.4) is 0 Å². The van der Waals surface area contributed by atoms with Crippen molar-refractivity contribution in [2.45, 2.75) is 37.5 Å². The normalized spacial score (nSPS) is 28.8. The summed E-state index contributed by atoms with van der Waals surface area (Å²) in [6.45, 7) is 0.900. The molecule has 1 aliphatic heterocycles. The van der Waals surface area contributed by atoms with Gasteiger partial charge >= 0.3 is 6.09 Å². The van der Waals surface area contributed by atoms with Crippen LogP contribution in [0.2, 0.25) is 0 Å². The van der Waals surface area contributed by atoms with Crippen LogP contribution in [0.4, 0.5) is 4.79 Å². The van der Waals surface area contributed by atoms with Gasteiger partial charge in [0, 0.05) is 24.5 Å². The van der Waals surface area contributed by atoms with E-state index in [0.29, 0.717) is 19.0 Å². The van der Waals surface area contributed by atoms with Gasteiger partial charge in [0.1, 0.15) is 0 Å². The summed E-state index contributed by atoms with van der Waals surface area (Å²) >= 11 is 0. The molecule has 1 saturated carbocycles. The van der Waals surface area contributed by atoms with Crippen molar-refractivity contribution in [2.75, 3.05) is 13.1 Å². The third kappa shape index (κ3) is 3.36. The zero-order chi connectivity index (χ0) is 14.8. The second-order valence-electron chi connectivity index (χ2n) is 6.11. The number of carbonyl (C=O) groups is 1. The number of likely N-dealkylation sites (tertiary alicyclic amines) is 1. The van der Waals surface area contributed by atoms with Crippen LogP contribution in [-0.2, 0) is 6.42 Å². The molecular weight excluding hydrogens is 268 g/mol. The Balaban J connectivity index is 1.73. The van der Waals surface area contributed by atoms with Crippen molar-refractivity contribution in [3.8, 4) is 0 Å². The van der Waals surface area contributed by atoms with Gasteiger partial charge in [-0.1, -0.05) is 30.3 Å². The van der Waals surface area contributed by atoms with Gasteiger partial charge < -0.3 is 20.4 Å². The lowest BCUT2D eigenvalue weighted by Crippen LogP contribution is -2.42. The van der Waals surface area contributed by atoms with Gasteiger partial charge in [0.05, 0.1) is 12.6 Å². The van der Waals surface area contributed by atoms with E-state index in [1.807, 2.05) is 30.3 Å². The highest BCUT2D eigenvalue weighted by molar-refractivity contribution is 5.66. The molecule has 3 rings (SSSR count). The molecule has 1 aromatic carbocycles. The summed E-state index contributed by atoms with van der Waals surface area (Å²) in [7, 11) is 0. The van der Waals surface area contributed by atoms with Crippen molar-refractivity contribution < 1.29 is 15.0 Å². The van der Waals surface area contributed by atoms with Gasteiger partial charge in [-0.2, -0.15) is 0 Å². The number of aliphatic hydroxyl groups is 1. The van der Waals surface area contributed by atoms with E-state index in [9.17, 15) is 15.0 Å². The summed E-state index contributed by atoms with van der Waals surface area (Å²) in [5.74, 6) is -0.0399. The molecule has 0 aromatic heterocycles. The van der Waals surface area contributed by atoms with Gasteiger partial charge in [0.15, 0.2) is 0 Å². The Morgan fingerprint density at radius 2 is 2.00 bits per heavy atom. The highest BCUT2D eigenvalue weighted by atomic mass is 16.4. The van der Waals surface area contributed by atoms with E-state index in [-0.39, 0.29) is 18.5 Å². The van der Waals surface area contributed by atoms with Gasteiger partial charge in [0.25, 0.3) is 0 Å². The number of aliphatic hydroxyl groups excluding tert-OH is 1. The molecule has 5 heteroatoms. The first kappa shape index (κ1) is 14.4. The Bertz CT molecular complexity index is 490. The predicted octanol–water partition coefficient (Wildman–Crippen LogP) is 1.32. The number of β-amino-alcohol motifs (C(OH)–C–C–N with tert-alkyl or cyclic N) is 1. The lowest BCUT2D eigenvalue weighted by molar-refractivity contribution is 0.130. The molecule has 2 aliphatic rings. The maximum atomic E-state index is 11.4. The number of benzene rings is 1. The number of hydrogen-bond acceptors (Lipinski definition) is 3. The fraction of sp³-hybridized carbons (Fsp3) is 0.562. The molecule has 2 fully saturated rings. The minimum Gasteiger partial charge on any atom is -0.465 e. The molecule has 0 spiro atoms. The van der Waals surface area contributed by atoms with Crippen LogP contribution in [0.5, 0.6) is 0 Å². The zero-order valence-corrected chi connectivity index (χ0v) is 12.0. The average molecular weight is 290 g/mol. The van der Waals surface area contributed by atoms with Crippen LogP contribution in [0.15, 0.2) is 30.3 Å². The molecule has 21 heavy (non-hydrogen) atoms. The summed E-state index contributed by atoms with van der Waals surface area (Å²) in [5, 5.41) is 23.1. The van der Waals surface area contributed by atoms with Crippen molar-refractivity contribution in [2.24, 2.45) is 5.92 Å². The van der Waals surface area contributed by atoms with Crippen LogP contribution in [0, 0.1) is 5.92 Å². The predicted molar refractivity (Wildman–Crippen MR) is 79.2 cm³/mol. The van der Waals surface area contributed by atoms with E-state index in [1.165, 1.54) is 17.7 Å². The van der Waals surface area contributed by atoms with Crippen LogP contribution < -0.4 is 5.32 Å². The molecule has 1 heterocycles. The van der Waals surface area contributed by atoms with Crippen molar-refractivity contribution in [3.05, 3.63) is 35.9 Å². The lowest BCUT2D eigenvalue weighted by atomic mass is 9.92. The first-order valence-corrected chi connectivity index (χ1v) is 7.60. The smallest absolute Gasteiger partial charge is 0.407 e. The quantitative estimate of drug-likeness (QED) is 0.765. The Labute approximate surface area is 124 Å². The number of amides is 1. The summed E-state index contributed by atoms with van der Waals surface area (Å²) in [6.07, 6.45) is 1.51. The third-order valence-electron chi connectivity index (χ3n) is 4.53. The SMILES string of the molecule is O=C(O)N1C[C@@H](O)[C@@H](CNC2CC2)C1Cc1ccccc1. The molecular formula is C16H22N2O3. The van der Waals surface area contributed by atoms with Crippen LogP contribution >= 0.6 is 0 Å². The average Bonchev–Trinajstić information content (AvgIpc) is 3.24. The second-order valence-corrected chi connectivity index (χ2v) is 6.11. The van der Waals surface area contributed by atoms with E-state index in [4.69, 9.17) is 0 Å². The van der Waals surface area contributed by atoms with E-state index < -0.39 is 12.2 Å². The molecule has 0 bridgehead atoms. The van der Waals surface area contributed by atoms with Crippen LogP contribution in [0.25, 0.3) is 0 Å². The van der Waals surface area contributed by atoms with E-state index in [0.717, 1.165) is 5.56 Å². The molecule has 3 atom stereocenters. The van der Waals surface area contributed by atoms with Gasteiger partial charge in [-0.15, -0.1) is 0 Å². The van der Waals surface area contributed by atoms with Gasteiger partial charge in [-0.05, 0) is 24.8 Å². The second kappa shape index (κ2) is 6.03. The number of carboxylic acid groups (broad SMARTS) is 1. The molecule has 1 aliphatic carbocycles. The van der Waals surface area contributed by atoms with E-state index >= 15 is 0 Å². The maximum absolute atomic E-state index is 11.4. The summed E-state index contributed by atoms with van der Waals surface area (Å²) in [5.41, 5.74) is 1.11. The Hall–Kier alpha value is -1.59. The van der Waals surface area contributed by atoms with Gasteiger partial charge in [-0.25, -0.2) is 4.79 Å². The minimum absolute atomic E-state index is 0.0399. The van der Waals surface area contributed by atoms with E-state index in [2.05, 4.69) is 5.32 Å². The molecule has 0 radical (unpaired) electrons. The molecule has 1 aromatic rings. The number of nitrogens with one attached hydrogen (secondary N) is 1. The topological polar surface area (TPSA) is 72.8 Å².